The first kappa shape index (κ1) is 21.7. The molecule has 0 aliphatic carbocycles. The molecule has 156 valence electrons. The van der Waals surface area contributed by atoms with Crippen LogP contribution in [0.2, 0.25) is 10.0 Å². The topological polar surface area (TPSA) is 81.7 Å². The smallest absolute Gasteiger partial charge is 0.277 e. The molecular weight excluding hydrogens is 431 g/mol. The van der Waals surface area contributed by atoms with E-state index in [4.69, 9.17) is 37.5 Å². The van der Waals surface area contributed by atoms with Gasteiger partial charge >= 0.3 is 0 Å². The second kappa shape index (κ2) is 8.76. The van der Waals surface area contributed by atoms with E-state index >= 15 is 0 Å². The van der Waals surface area contributed by atoms with Gasteiger partial charge in [-0.1, -0.05) is 23.2 Å². The third-order valence-corrected chi connectivity index (χ3v) is 4.39. The summed E-state index contributed by atoms with van der Waals surface area (Å²) in [7, 11) is 0. The van der Waals surface area contributed by atoms with Gasteiger partial charge in [-0.15, -0.1) is 0 Å². The lowest BCUT2D eigenvalue weighted by molar-refractivity contribution is -0.147. The van der Waals surface area contributed by atoms with Crippen molar-refractivity contribution in [3.05, 3.63) is 51.6 Å². The average Bonchev–Trinajstić information content (AvgIpc) is 2.99. The molecule has 0 bridgehead atoms. The predicted octanol–water partition coefficient (Wildman–Crippen LogP) is 4.22. The molecule has 1 atom stereocenters. The van der Waals surface area contributed by atoms with E-state index in [0.29, 0.717) is 6.61 Å². The number of nitrogens with zero attached hydrogens (tertiary/aromatic N) is 1. The summed E-state index contributed by atoms with van der Waals surface area (Å²) in [5.41, 5.74) is 1.50. The first-order valence-electron chi connectivity index (χ1n) is 8.46. The molecule has 2 aromatic rings. The standard InChI is InChI=1S/C18H17Cl2F2N3O4/c1-18(2)27-7-10(29-18)8-28-25-17(26)11-3-4-13(21)14(22)15(11)24-16-12(20)5-9(19)6-23-16/h3-6,10H,7-8H2,1-2H3,(H,23,24)(H,25,26). The fourth-order valence-electron chi connectivity index (χ4n) is 2.59. The Balaban J connectivity index is 1.73. The maximum atomic E-state index is 14.4. The number of aromatic nitrogens is 1. The molecule has 0 spiro atoms. The van der Waals surface area contributed by atoms with E-state index in [1.165, 1.54) is 12.3 Å². The van der Waals surface area contributed by atoms with Gasteiger partial charge in [0.15, 0.2) is 17.4 Å². The molecule has 1 saturated heterocycles. The number of carbonyl (C=O) groups excluding carboxylic acids is 1. The normalized spacial score (nSPS) is 17.9. The van der Waals surface area contributed by atoms with E-state index in [1.54, 1.807) is 13.8 Å². The van der Waals surface area contributed by atoms with Crippen LogP contribution in [0.25, 0.3) is 0 Å². The molecular formula is C18H17Cl2F2N3O4. The minimum absolute atomic E-state index is 0.00530. The van der Waals surface area contributed by atoms with Crippen LogP contribution in [0.3, 0.4) is 0 Å². The highest BCUT2D eigenvalue weighted by Crippen LogP contribution is 2.30. The Hall–Kier alpha value is -2.04. The Morgan fingerprint density at radius 3 is 2.79 bits per heavy atom. The Morgan fingerprint density at radius 2 is 2.14 bits per heavy atom. The molecule has 0 radical (unpaired) electrons. The van der Waals surface area contributed by atoms with Gasteiger partial charge in [0.05, 0.1) is 27.9 Å². The van der Waals surface area contributed by atoms with Crippen LogP contribution in [-0.2, 0) is 14.3 Å². The van der Waals surface area contributed by atoms with E-state index < -0.39 is 29.0 Å². The quantitative estimate of drug-likeness (QED) is 0.645. The molecule has 1 unspecified atom stereocenters. The van der Waals surface area contributed by atoms with Crippen molar-refractivity contribution in [1.29, 1.82) is 0 Å². The third kappa shape index (κ3) is 5.31. The largest absolute Gasteiger partial charge is 0.348 e. The Bertz CT molecular complexity index is 930. The monoisotopic (exact) mass is 447 g/mol. The molecule has 1 aliphatic heterocycles. The number of halogens is 4. The van der Waals surface area contributed by atoms with Gasteiger partial charge in [0.25, 0.3) is 5.91 Å². The first-order valence-corrected chi connectivity index (χ1v) is 9.22. The van der Waals surface area contributed by atoms with Crippen LogP contribution >= 0.6 is 23.2 Å². The number of hydrogen-bond donors (Lipinski definition) is 2. The van der Waals surface area contributed by atoms with Crippen LogP contribution in [0.5, 0.6) is 0 Å². The number of nitrogens with one attached hydrogen (secondary N) is 2. The highest BCUT2D eigenvalue weighted by Gasteiger charge is 2.33. The lowest BCUT2D eigenvalue weighted by atomic mass is 10.1. The maximum Gasteiger partial charge on any atom is 0.277 e. The summed E-state index contributed by atoms with van der Waals surface area (Å²) < 4.78 is 39.0. The number of hydroxylamine groups is 1. The van der Waals surface area contributed by atoms with Gasteiger partial charge < -0.3 is 14.8 Å². The highest BCUT2D eigenvalue weighted by molar-refractivity contribution is 6.36. The van der Waals surface area contributed by atoms with Crippen molar-refractivity contribution in [3.63, 3.8) is 0 Å². The zero-order valence-electron chi connectivity index (χ0n) is 15.4. The lowest BCUT2D eigenvalue weighted by Gasteiger charge is -2.17. The van der Waals surface area contributed by atoms with Crippen LogP contribution in [0, 0.1) is 11.6 Å². The second-order valence-electron chi connectivity index (χ2n) is 6.59. The van der Waals surface area contributed by atoms with E-state index in [2.05, 4.69) is 15.8 Å². The van der Waals surface area contributed by atoms with Crippen molar-refractivity contribution in [2.75, 3.05) is 18.5 Å². The number of ether oxygens (including phenoxy) is 2. The number of anilines is 2. The molecule has 1 amide bonds. The van der Waals surface area contributed by atoms with Crippen LogP contribution in [0.15, 0.2) is 24.4 Å². The zero-order chi connectivity index (χ0) is 21.2. The van der Waals surface area contributed by atoms with Gasteiger partial charge in [0.1, 0.15) is 18.5 Å². The number of hydrogen-bond acceptors (Lipinski definition) is 6. The summed E-state index contributed by atoms with van der Waals surface area (Å²) in [6.07, 6.45) is 0.881. The van der Waals surface area contributed by atoms with Crippen LogP contribution in [-0.4, -0.2) is 36.0 Å². The van der Waals surface area contributed by atoms with Crippen molar-refractivity contribution in [2.45, 2.75) is 25.7 Å². The molecule has 29 heavy (non-hydrogen) atoms. The Morgan fingerprint density at radius 1 is 1.38 bits per heavy atom. The highest BCUT2D eigenvalue weighted by atomic mass is 35.5. The van der Waals surface area contributed by atoms with E-state index in [1.807, 2.05) is 0 Å². The average molecular weight is 448 g/mol. The van der Waals surface area contributed by atoms with Gasteiger partial charge in [-0.2, -0.15) is 0 Å². The molecule has 2 heterocycles. The van der Waals surface area contributed by atoms with Gasteiger partial charge in [-0.05, 0) is 32.0 Å². The van der Waals surface area contributed by atoms with Crippen molar-refractivity contribution < 1.29 is 27.9 Å². The first-order chi connectivity index (χ1) is 13.7. The van der Waals surface area contributed by atoms with Crippen molar-refractivity contribution in [1.82, 2.24) is 10.5 Å². The summed E-state index contributed by atoms with van der Waals surface area (Å²) >= 11 is 11.8. The summed E-state index contributed by atoms with van der Waals surface area (Å²) in [5, 5.41) is 2.84. The molecule has 11 heteroatoms. The number of rotatable bonds is 6. The maximum absolute atomic E-state index is 14.4. The third-order valence-electron chi connectivity index (χ3n) is 3.89. The number of carbonyl (C=O) groups is 1. The van der Waals surface area contributed by atoms with E-state index in [-0.39, 0.29) is 34.1 Å². The summed E-state index contributed by atoms with van der Waals surface area (Å²) in [6.45, 7) is 3.80. The summed E-state index contributed by atoms with van der Waals surface area (Å²) in [5.74, 6) is -3.99. The minimum Gasteiger partial charge on any atom is -0.348 e. The summed E-state index contributed by atoms with van der Waals surface area (Å²) in [6, 6.07) is 3.29. The Kier molecular flexibility index (Phi) is 6.55. The van der Waals surface area contributed by atoms with Crippen molar-refractivity contribution >= 4 is 40.6 Å². The molecule has 1 aromatic carbocycles. The Labute approximate surface area is 175 Å². The molecule has 7 nitrogen and oxygen atoms in total. The molecule has 1 fully saturated rings. The molecule has 3 rings (SSSR count). The number of amides is 1. The molecule has 1 aromatic heterocycles. The molecule has 1 aliphatic rings. The minimum atomic E-state index is -1.28. The lowest BCUT2D eigenvalue weighted by Crippen LogP contribution is -2.31. The van der Waals surface area contributed by atoms with E-state index in [9.17, 15) is 13.6 Å². The van der Waals surface area contributed by atoms with E-state index in [0.717, 1.165) is 12.1 Å². The van der Waals surface area contributed by atoms with Gasteiger partial charge in [-0.3, -0.25) is 9.63 Å². The van der Waals surface area contributed by atoms with Gasteiger partial charge in [-0.25, -0.2) is 19.2 Å². The molecule has 2 N–H and O–H groups in total. The van der Waals surface area contributed by atoms with Crippen LogP contribution < -0.4 is 10.8 Å². The zero-order valence-corrected chi connectivity index (χ0v) is 16.9. The van der Waals surface area contributed by atoms with Gasteiger partial charge in [0, 0.05) is 6.20 Å². The van der Waals surface area contributed by atoms with Crippen LogP contribution in [0.4, 0.5) is 20.3 Å². The van der Waals surface area contributed by atoms with Crippen molar-refractivity contribution in [2.24, 2.45) is 0 Å². The number of pyridine rings is 1. The molecule has 0 saturated carbocycles. The fourth-order valence-corrected chi connectivity index (χ4v) is 3.01. The predicted molar refractivity (Wildman–Crippen MR) is 102 cm³/mol. The number of benzene rings is 1. The fraction of sp³-hybridized carbons (Fsp3) is 0.333. The van der Waals surface area contributed by atoms with Crippen molar-refractivity contribution in [3.8, 4) is 0 Å². The van der Waals surface area contributed by atoms with Gasteiger partial charge in [0.2, 0.25) is 0 Å². The second-order valence-corrected chi connectivity index (χ2v) is 7.43. The summed E-state index contributed by atoms with van der Waals surface area (Å²) in [4.78, 5) is 21.5. The SMILES string of the molecule is CC1(C)OCC(CONC(=O)c2ccc(F)c(F)c2Nc2ncc(Cl)cc2Cl)O1. The van der Waals surface area contributed by atoms with Crippen LogP contribution in [0.1, 0.15) is 24.2 Å².